The Morgan fingerprint density at radius 2 is 1.76 bits per heavy atom. The highest BCUT2D eigenvalue weighted by atomic mass is 16.7. The van der Waals surface area contributed by atoms with Crippen LogP contribution in [0.2, 0.25) is 0 Å². The van der Waals surface area contributed by atoms with E-state index in [1.165, 1.54) is 37.4 Å². The molecule has 5 atom stereocenters. The maximum atomic E-state index is 13.4. The summed E-state index contributed by atoms with van der Waals surface area (Å²) >= 11 is 0. The average Bonchev–Trinajstić information content (AvgIpc) is 2.88. The standard InChI is InChI=1S/C25H28O12/c1-3-6-34-15-8-12(35-25-22(32)21(31)19(29)17(10-26)37-25)9-16-18(15)20(30)24(33-2)23(36-16)11-4-5-13(27)14(28)7-11/h4-5,7-9,17,19,21-22,25-29,31-32H,3,6,10H2,1-2H3/t17?,19-,21?,22+,25-/m1/s1. The van der Waals surface area contributed by atoms with Crippen molar-refractivity contribution in [2.24, 2.45) is 0 Å². The SMILES string of the molecule is CCCOc1cc(O[C@@H]2OC(CO)[C@@H](O)C(O)[C@@H]2O)cc2oc(-c3ccc(O)c(O)c3)c(OC)c(=O)c12. The lowest BCUT2D eigenvalue weighted by atomic mass is 9.99. The summed E-state index contributed by atoms with van der Waals surface area (Å²) in [7, 11) is 1.28. The van der Waals surface area contributed by atoms with E-state index in [1.807, 2.05) is 6.92 Å². The lowest BCUT2D eigenvalue weighted by Crippen LogP contribution is -2.60. The van der Waals surface area contributed by atoms with Gasteiger partial charge in [-0.25, -0.2) is 0 Å². The van der Waals surface area contributed by atoms with Crippen LogP contribution in [0.5, 0.6) is 28.7 Å². The van der Waals surface area contributed by atoms with Crippen LogP contribution in [0.15, 0.2) is 39.5 Å². The van der Waals surface area contributed by atoms with Gasteiger partial charge in [0, 0.05) is 17.7 Å². The third-order valence-electron chi connectivity index (χ3n) is 5.90. The van der Waals surface area contributed by atoms with E-state index in [9.17, 15) is 35.4 Å². The quantitative estimate of drug-likeness (QED) is 0.230. The van der Waals surface area contributed by atoms with Crippen molar-refractivity contribution in [2.45, 2.75) is 44.1 Å². The maximum Gasteiger partial charge on any atom is 0.239 e. The van der Waals surface area contributed by atoms with Crippen molar-refractivity contribution >= 4 is 11.0 Å². The molecule has 3 aromatic rings. The molecular formula is C25H28O12. The van der Waals surface area contributed by atoms with Gasteiger partial charge in [0.2, 0.25) is 17.5 Å². The van der Waals surface area contributed by atoms with Gasteiger partial charge in [-0.3, -0.25) is 4.79 Å². The van der Waals surface area contributed by atoms with Gasteiger partial charge in [-0.15, -0.1) is 0 Å². The van der Waals surface area contributed by atoms with E-state index in [4.69, 9.17) is 23.4 Å². The predicted octanol–water partition coefficient (Wildman–Crippen LogP) is 0.847. The number of fused-ring (bicyclic) bond motifs is 1. The summed E-state index contributed by atoms with van der Waals surface area (Å²) in [5.74, 6) is -0.893. The van der Waals surface area contributed by atoms with Crippen LogP contribution in [-0.2, 0) is 4.74 Å². The number of hydrogen-bond acceptors (Lipinski definition) is 12. The third kappa shape index (κ3) is 5.02. The van der Waals surface area contributed by atoms with E-state index >= 15 is 0 Å². The molecule has 1 saturated heterocycles. The number of methoxy groups -OCH3 is 1. The van der Waals surface area contributed by atoms with Crippen LogP contribution in [0.25, 0.3) is 22.3 Å². The summed E-state index contributed by atoms with van der Waals surface area (Å²) in [5.41, 5.74) is -0.333. The smallest absolute Gasteiger partial charge is 0.239 e. The number of ether oxygens (including phenoxy) is 4. The molecule has 2 heterocycles. The summed E-state index contributed by atoms with van der Waals surface area (Å²) in [4.78, 5) is 13.4. The molecule has 2 aromatic carbocycles. The van der Waals surface area contributed by atoms with Gasteiger partial charge >= 0.3 is 0 Å². The van der Waals surface area contributed by atoms with Crippen LogP contribution in [0.4, 0.5) is 0 Å². The van der Waals surface area contributed by atoms with Gasteiger partial charge in [-0.05, 0) is 24.6 Å². The van der Waals surface area contributed by atoms with Crippen molar-refractivity contribution in [1.82, 2.24) is 0 Å². The second-order valence-corrected chi connectivity index (χ2v) is 8.46. The van der Waals surface area contributed by atoms with Crippen molar-refractivity contribution in [3.63, 3.8) is 0 Å². The molecule has 6 N–H and O–H groups in total. The van der Waals surface area contributed by atoms with Crippen molar-refractivity contribution < 1.29 is 54.0 Å². The fraction of sp³-hybridized carbons (Fsp3) is 0.400. The Kier molecular flexibility index (Phi) is 7.76. The molecule has 0 saturated carbocycles. The molecule has 200 valence electrons. The minimum absolute atomic E-state index is 0.00144. The second kappa shape index (κ2) is 10.8. The fourth-order valence-corrected chi connectivity index (χ4v) is 3.98. The lowest BCUT2D eigenvalue weighted by molar-refractivity contribution is -0.277. The summed E-state index contributed by atoms with van der Waals surface area (Å²) < 4.78 is 28.2. The van der Waals surface area contributed by atoms with Gasteiger partial charge in [-0.2, -0.15) is 0 Å². The number of hydrogen-bond donors (Lipinski definition) is 6. The first-order valence-corrected chi connectivity index (χ1v) is 11.5. The molecule has 2 unspecified atom stereocenters. The Hall–Kier alpha value is -3.55. The van der Waals surface area contributed by atoms with E-state index in [0.717, 1.165) is 0 Å². The Balaban J connectivity index is 1.85. The number of aliphatic hydroxyl groups is 4. The van der Waals surface area contributed by atoms with Gasteiger partial charge in [0.25, 0.3) is 0 Å². The number of aromatic hydroxyl groups is 2. The van der Waals surface area contributed by atoms with Gasteiger partial charge in [0.05, 0.1) is 20.3 Å². The normalized spacial score (nSPS) is 23.7. The van der Waals surface area contributed by atoms with Crippen molar-refractivity contribution in [2.75, 3.05) is 20.3 Å². The van der Waals surface area contributed by atoms with Gasteiger partial charge in [-0.1, -0.05) is 6.92 Å². The first kappa shape index (κ1) is 26.5. The second-order valence-electron chi connectivity index (χ2n) is 8.46. The molecule has 12 heteroatoms. The Bertz CT molecular complexity index is 1320. The van der Waals surface area contributed by atoms with Crippen LogP contribution in [-0.4, -0.2) is 81.7 Å². The van der Waals surface area contributed by atoms with Crippen LogP contribution >= 0.6 is 0 Å². The monoisotopic (exact) mass is 520 g/mol. The maximum absolute atomic E-state index is 13.4. The van der Waals surface area contributed by atoms with Crippen LogP contribution in [0.3, 0.4) is 0 Å². The van der Waals surface area contributed by atoms with E-state index in [0.29, 0.717) is 6.42 Å². The van der Waals surface area contributed by atoms with Crippen LogP contribution in [0, 0.1) is 0 Å². The molecule has 4 rings (SSSR count). The highest BCUT2D eigenvalue weighted by Gasteiger charge is 2.44. The van der Waals surface area contributed by atoms with Crippen molar-refractivity contribution in [3.05, 3.63) is 40.6 Å². The van der Waals surface area contributed by atoms with Crippen LogP contribution in [0.1, 0.15) is 13.3 Å². The molecule has 1 aliphatic heterocycles. The molecule has 1 aromatic heterocycles. The molecule has 0 amide bonds. The van der Waals surface area contributed by atoms with E-state index in [1.54, 1.807) is 0 Å². The zero-order valence-electron chi connectivity index (χ0n) is 20.0. The minimum Gasteiger partial charge on any atom is -0.504 e. The molecule has 12 nitrogen and oxygen atoms in total. The minimum atomic E-state index is -1.66. The van der Waals surface area contributed by atoms with E-state index < -0.39 is 48.5 Å². The third-order valence-corrected chi connectivity index (χ3v) is 5.90. The molecule has 0 spiro atoms. The zero-order chi connectivity index (χ0) is 26.9. The average molecular weight is 520 g/mol. The molecule has 1 aliphatic rings. The Morgan fingerprint density at radius 1 is 1.00 bits per heavy atom. The first-order chi connectivity index (χ1) is 17.7. The Morgan fingerprint density at radius 3 is 2.41 bits per heavy atom. The topological polar surface area (TPSA) is 189 Å². The van der Waals surface area contributed by atoms with E-state index in [-0.39, 0.29) is 51.9 Å². The molecule has 37 heavy (non-hydrogen) atoms. The fourth-order valence-electron chi connectivity index (χ4n) is 3.98. The molecule has 0 radical (unpaired) electrons. The van der Waals surface area contributed by atoms with Crippen molar-refractivity contribution in [3.8, 4) is 40.1 Å². The highest BCUT2D eigenvalue weighted by molar-refractivity contribution is 5.88. The predicted molar refractivity (Wildman–Crippen MR) is 128 cm³/mol. The largest absolute Gasteiger partial charge is 0.504 e. The molecular weight excluding hydrogens is 492 g/mol. The molecule has 0 bridgehead atoms. The first-order valence-electron chi connectivity index (χ1n) is 11.5. The van der Waals surface area contributed by atoms with E-state index in [2.05, 4.69) is 0 Å². The number of phenolic OH excluding ortho intramolecular Hbond substituents is 2. The summed E-state index contributed by atoms with van der Waals surface area (Å²) in [5, 5.41) is 59.5. The van der Waals surface area contributed by atoms with Crippen molar-refractivity contribution in [1.29, 1.82) is 0 Å². The van der Waals surface area contributed by atoms with Gasteiger partial charge < -0.3 is 54.0 Å². The summed E-state index contributed by atoms with van der Waals surface area (Å²) in [6.07, 6.45) is -6.92. The van der Waals surface area contributed by atoms with Gasteiger partial charge in [0.15, 0.2) is 17.3 Å². The summed E-state index contributed by atoms with van der Waals surface area (Å²) in [6.45, 7) is 1.48. The lowest BCUT2D eigenvalue weighted by Gasteiger charge is -2.39. The Labute approximate surface area is 210 Å². The number of aliphatic hydroxyl groups excluding tert-OH is 4. The number of phenols is 2. The number of benzene rings is 2. The van der Waals surface area contributed by atoms with Gasteiger partial charge in [0.1, 0.15) is 46.9 Å². The summed E-state index contributed by atoms with van der Waals surface area (Å²) in [6, 6.07) is 6.56. The van der Waals surface area contributed by atoms with Crippen LogP contribution < -0.4 is 19.6 Å². The highest BCUT2D eigenvalue weighted by Crippen LogP contribution is 2.39. The zero-order valence-corrected chi connectivity index (χ0v) is 20.0. The number of rotatable bonds is 8. The molecule has 1 fully saturated rings. The molecule has 0 aliphatic carbocycles.